The van der Waals surface area contributed by atoms with Crippen LogP contribution >= 0.6 is 0 Å². The first kappa shape index (κ1) is 14.8. The molecule has 1 saturated carbocycles. The summed E-state index contributed by atoms with van der Waals surface area (Å²) < 4.78 is 0. The van der Waals surface area contributed by atoms with Crippen LogP contribution in [0.1, 0.15) is 42.9 Å². The highest BCUT2D eigenvalue weighted by molar-refractivity contribution is 5.96. The number of hydrogen-bond donors (Lipinski definition) is 1. The Balaban J connectivity index is 1.74. The van der Waals surface area contributed by atoms with Gasteiger partial charge in [-0.25, -0.2) is 0 Å². The molecule has 2 heteroatoms. The van der Waals surface area contributed by atoms with Gasteiger partial charge in [-0.05, 0) is 41.9 Å². The van der Waals surface area contributed by atoms with E-state index in [1.54, 1.807) is 0 Å². The van der Waals surface area contributed by atoms with E-state index in [0.29, 0.717) is 5.92 Å². The van der Waals surface area contributed by atoms with Gasteiger partial charge in [0.15, 0.2) is 0 Å². The average Bonchev–Trinajstić information content (AvgIpc) is 3.36. The molecule has 2 atom stereocenters. The van der Waals surface area contributed by atoms with Crippen LogP contribution in [-0.4, -0.2) is 5.91 Å². The second-order valence-electron chi connectivity index (χ2n) is 6.01. The van der Waals surface area contributed by atoms with Gasteiger partial charge in [-0.3, -0.25) is 4.79 Å². The van der Waals surface area contributed by atoms with Crippen molar-refractivity contribution in [1.82, 2.24) is 0 Å². The first-order valence-electron chi connectivity index (χ1n) is 8.21. The molecular weight excluding hydrogens is 270 g/mol. The maximum Gasteiger partial charge on any atom is 0.228 e. The van der Waals surface area contributed by atoms with Crippen LogP contribution in [0.3, 0.4) is 0 Å². The summed E-state index contributed by atoms with van der Waals surface area (Å²) in [5.41, 5.74) is 4.77. The molecule has 0 aromatic heterocycles. The molecule has 0 unspecified atom stereocenters. The van der Waals surface area contributed by atoms with E-state index in [0.717, 1.165) is 24.9 Å². The third-order valence-electron chi connectivity index (χ3n) is 4.60. The molecule has 3 rings (SSSR count). The number of rotatable bonds is 5. The minimum Gasteiger partial charge on any atom is -0.325 e. The van der Waals surface area contributed by atoms with Crippen molar-refractivity contribution in [2.24, 2.45) is 5.92 Å². The molecule has 0 aliphatic heterocycles. The zero-order chi connectivity index (χ0) is 15.5. The van der Waals surface area contributed by atoms with Crippen molar-refractivity contribution in [3.63, 3.8) is 0 Å². The van der Waals surface area contributed by atoms with Crippen molar-refractivity contribution in [3.05, 3.63) is 65.2 Å². The number of carbonyl (C=O) groups is 1. The molecular formula is C20H23NO. The number of nitrogens with one attached hydrogen (secondary N) is 1. The van der Waals surface area contributed by atoms with Gasteiger partial charge in [-0.15, -0.1) is 0 Å². The van der Waals surface area contributed by atoms with E-state index in [1.165, 1.54) is 16.7 Å². The summed E-state index contributed by atoms with van der Waals surface area (Å²) in [5, 5.41) is 3.20. The molecule has 1 N–H and O–H groups in total. The lowest BCUT2D eigenvalue weighted by molar-refractivity contribution is -0.117. The molecule has 1 amide bonds. The summed E-state index contributed by atoms with van der Waals surface area (Å²) in [5.74, 6) is 0.682. The number of para-hydroxylation sites is 1. The van der Waals surface area contributed by atoms with Crippen LogP contribution in [0.4, 0.5) is 5.69 Å². The second kappa shape index (κ2) is 6.35. The SMILES string of the molecule is CCc1cccc(CC)c1NC(=O)[C@@H]1C[C@@H]1c1ccccc1. The number of benzene rings is 2. The van der Waals surface area contributed by atoms with Crippen molar-refractivity contribution in [2.45, 2.75) is 39.0 Å². The Morgan fingerprint density at radius 1 is 1.00 bits per heavy atom. The van der Waals surface area contributed by atoms with Crippen molar-refractivity contribution >= 4 is 11.6 Å². The minimum atomic E-state index is 0.122. The lowest BCUT2D eigenvalue weighted by Gasteiger charge is -2.14. The van der Waals surface area contributed by atoms with Crippen molar-refractivity contribution in [2.75, 3.05) is 5.32 Å². The van der Waals surface area contributed by atoms with Gasteiger partial charge in [0.1, 0.15) is 0 Å². The van der Waals surface area contributed by atoms with Gasteiger partial charge < -0.3 is 5.32 Å². The number of anilines is 1. The van der Waals surface area contributed by atoms with Crippen molar-refractivity contribution in [3.8, 4) is 0 Å². The Morgan fingerprint density at radius 3 is 2.23 bits per heavy atom. The smallest absolute Gasteiger partial charge is 0.228 e. The fourth-order valence-corrected chi connectivity index (χ4v) is 3.17. The average molecular weight is 293 g/mol. The zero-order valence-electron chi connectivity index (χ0n) is 13.3. The van der Waals surface area contributed by atoms with E-state index >= 15 is 0 Å². The third kappa shape index (κ3) is 2.92. The molecule has 0 spiro atoms. The van der Waals surface area contributed by atoms with Crippen molar-refractivity contribution < 1.29 is 4.79 Å². The lowest BCUT2D eigenvalue weighted by Crippen LogP contribution is -2.17. The van der Waals surface area contributed by atoms with Crippen LogP contribution in [0, 0.1) is 5.92 Å². The van der Waals surface area contributed by atoms with Gasteiger partial charge in [0, 0.05) is 11.6 Å². The van der Waals surface area contributed by atoms with Crippen LogP contribution in [-0.2, 0) is 17.6 Å². The standard InChI is InChI=1S/C20H23NO/c1-3-14-11-8-12-15(4-2)19(14)21-20(22)18-13-17(18)16-9-6-5-7-10-16/h5-12,17-18H,3-4,13H2,1-2H3,(H,21,22)/t17-,18-/m1/s1. The topological polar surface area (TPSA) is 29.1 Å². The highest BCUT2D eigenvalue weighted by atomic mass is 16.2. The van der Waals surface area contributed by atoms with Crippen LogP contribution < -0.4 is 5.32 Å². The number of hydrogen-bond acceptors (Lipinski definition) is 1. The predicted octanol–water partition coefficient (Wildman–Crippen LogP) is 4.55. The van der Waals surface area contributed by atoms with Crippen LogP contribution in [0.5, 0.6) is 0 Å². The van der Waals surface area contributed by atoms with Gasteiger partial charge in [-0.1, -0.05) is 62.4 Å². The normalized spacial score (nSPS) is 19.7. The first-order chi connectivity index (χ1) is 10.7. The Bertz CT molecular complexity index is 640. The molecule has 1 fully saturated rings. The fourth-order valence-electron chi connectivity index (χ4n) is 3.17. The minimum absolute atomic E-state index is 0.122. The van der Waals surface area contributed by atoms with E-state index in [4.69, 9.17) is 0 Å². The van der Waals surface area contributed by atoms with Crippen molar-refractivity contribution in [1.29, 1.82) is 0 Å². The summed E-state index contributed by atoms with van der Waals surface area (Å²) in [6.45, 7) is 4.27. The monoisotopic (exact) mass is 293 g/mol. The Morgan fingerprint density at radius 2 is 1.64 bits per heavy atom. The molecule has 2 nitrogen and oxygen atoms in total. The summed E-state index contributed by atoms with van der Waals surface area (Å²) in [4.78, 5) is 12.6. The summed E-state index contributed by atoms with van der Waals surface area (Å²) in [7, 11) is 0. The highest BCUT2D eigenvalue weighted by Gasteiger charge is 2.43. The Hall–Kier alpha value is -2.09. The van der Waals surface area contributed by atoms with Crippen LogP contribution in [0.25, 0.3) is 0 Å². The molecule has 114 valence electrons. The van der Waals surface area contributed by atoms with E-state index in [-0.39, 0.29) is 11.8 Å². The summed E-state index contributed by atoms with van der Waals surface area (Å²) >= 11 is 0. The zero-order valence-corrected chi connectivity index (χ0v) is 13.3. The molecule has 0 radical (unpaired) electrons. The molecule has 22 heavy (non-hydrogen) atoms. The molecule has 2 aromatic carbocycles. The summed E-state index contributed by atoms with van der Waals surface area (Å²) in [6, 6.07) is 16.6. The molecule has 0 bridgehead atoms. The fraction of sp³-hybridized carbons (Fsp3) is 0.350. The molecule has 2 aromatic rings. The van der Waals surface area contributed by atoms with Gasteiger partial charge in [-0.2, -0.15) is 0 Å². The van der Waals surface area contributed by atoms with Gasteiger partial charge >= 0.3 is 0 Å². The van der Waals surface area contributed by atoms with Gasteiger partial charge in [0.25, 0.3) is 0 Å². The van der Waals surface area contributed by atoms with Gasteiger partial charge in [0.2, 0.25) is 5.91 Å². The highest BCUT2D eigenvalue weighted by Crippen LogP contribution is 2.48. The van der Waals surface area contributed by atoms with Crippen LogP contribution in [0.2, 0.25) is 0 Å². The van der Waals surface area contributed by atoms with E-state index in [9.17, 15) is 4.79 Å². The van der Waals surface area contributed by atoms with E-state index in [1.807, 2.05) is 18.2 Å². The van der Waals surface area contributed by atoms with E-state index < -0.39 is 0 Å². The maximum atomic E-state index is 12.6. The number of carbonyl (C=O) groups excluding carboxylic acids is 1. The van der Waals surface area contributed by atoms with Crippen LogP contribution in [0.15, 0.2) is 48.5 Å². The first-order valence-corrected chi connectivity index (χ1v) is 8.21. The largest absolute Gasteiger partial charge is 0.325 e. The second-order valence-corrected chi connectivity index (χ2v) is 6.01. The van der Waals surface area contributed by atoms with E-state index in [2.05, 4.69) is 49.5 Å². The number of amides is 1. The maximum absolute atomic E-state index is 12.6. The molecule has 1 aliphatic rings. The third-order valence-corrected chi connectivity index (χ3v) is 4.60. The molecule has 1 aliphatic carbocycles. The number of aryl methyl sites for hydroxylation is 2. The molecule has 0 saturated heterocycles. The quantitative estimate of drug-likeness (QED) is 0.860. The predicted molar refractivity (Wildman–Crippen MR) is 91.1 cm³/mol. The summed E-state index contributed by atoms with van der Waals surface area (Å²) in [6.07, 6.45) is 2.85. The van der Waals surface area contributed by atoms with Gasteiger partial charge in [0.05, 0.1) is 0 Å². The Labute approximate surface area is 132 Å². The Kier molecular flexibility index (Phi) is 4.28. The molecule has 0 heterocycles. The lowest BCUT2D eigenvalue weighted by atomic mass is 10.0.